The summed E-state index contributed by atoms with van der Waals surface area (Å²) in [6.45, 7) is 11.6. The van der Waals surface area contributed by atoms with Crippen LogP contribution in [0.3, 0.4) is 0 Å². The van der Waals surface area contributed by atoms with E-state index >= 15 is 0 Å². The number of rotatable bonds is 19. The maximum atomic E-state index is 12.3. The van der Waals surface area contributed by atoms with Gasteiger partial charge in [-0.3, -0.25) is 14.9 Å². The van der Waals surface area contributed by atoms with Gasteiger partial charge in [-0.15, -0.1) is 0 Å². The number of carbonyl (C=O) groups excluding carboxylic acids is 1. The number of carbonyl (C=O) groups is 2. The molecule has 1 aliphatic carbocycles. The zero-order valence-corrected chi connectivity index (χ0v) is 34.2. The first-order valence-electron chi connectivity index (χ1n) is 18.4. The first-order valence-corrected chi connectivity index (χ1v) is 20.6. The molecule has 2 aliphatic heterocycles. The van der Waals surface area contributed by atoms with Crippen LogP contribution in [0.5, 0.6) is 0 Å². The lowest BCUT2D eigenvalue weighted by Crippen LogP contribution is -2.28. The normalized spacial score (nSPS) is 18.9. The molecule has 2 aromatic rings. The van der Waals surface area contributed by atoms with Crippen molar-refractivity contribution < 1.29 is 48.5 Å². The molecule has 0 radical (unpaired) electrons. The van der Waals surface area contributed by atoms with E-state index in [1.54, 1.807) is 19.1 Å². The fourth-order valence-corrected chi connectivity index (χ4v) is 8.89. The summed E-state index contributed by atoms with van der Waals surface area (Å²) in [4.78, 5) is 26.6. The van der Waals surface area contributed by atoms with Crippen molar-refractivity contribution in [2.24, 2.45) is 0 Å². The molecule has 296 valence electrons. The Hall–Kier alpha value is -3.24. The summed E-state index contributed by atoms with van der Waals surface area (Å²) in [5.74, 6) is 0.269. The predicted octanol–water partition coefficient (Wildman–Crippen LogP) is 8.11. The van der Waals surface area contributed by atoms with E-state index in [1.165, 1.54) is 0 Å². The second kappa shape index (κ2) is 19.3. The van der Waals surface area contributed by atoms with Crippen LogP contribution in [0.15, 0.2) is 82.6 Å². The number of unbranched alkanes of at least 4 members (excludes halogenated alkanes) is 2. The van der Waals surface area contributed by atoms with Crippen molar-refractivity contribution in [1.82, 2.24) is 0 Å². The van der Waals surface area contributed by atoms with Gasteiger partial charge in [0.2, 0.25) is 5.69 Å². The third-order valence-corrected chi connectivity index (χ3v) is 12.3. The maximum Gasteiger partial charge on any atom is 0.335 e. The Morgan fingerprint density at radius 2 is 1.56 bits per heavy atom. The first kappa shape index (κ1) is 42.9. The van der Waals surface area contributed by atoms with Gasteiger partial charge in [0.15, 0.2) is 11.5 Å². The number of carboxylic acid groups (broad SMARTS) is 1. The molecule has 0 aromatic heterocycles. The lowest BCUT2D eigenvalue weighted by molar-refractivity contribution is -0.777. The summed E-state index contributed by atoms with van der Waals surface area (Å²) < 4.78 is 11.1. The number of aromatic carboxylic acids is 1. The summed E-state index contributed by atoms with van der Waals surface area (Å²) in [5, 5.41) is 37.7. The molecule has 5 rings (SSSR count). The number of anilines is 1. The number of benzene rings is 2. The fraction of sp³-hybridized carbons (Fsp3) is 0.439. The molecule has 0 amide bonds. The topological polar surface area (TPSA) is 144 Å². The highest BCUT2D eigenvalue weighted by Gasteiger charge is 2.45. The predicted molar refractivity (Wildman–Crippen MR) is 213 cm³/mol. The van der Waals surface area contributed by atoms with Gasteiger partial charge in [0.25, 0.3) is 0 Å². The molecule has 0 unspecified atom stereocenters. The summed E-state index contributed by atoms with van der Waals surface area (Å²) in [6, 6.07) is 11.2. The fourth-order valence-electron chi connectivity index (χ4n) is 7.72. The number of carboxylic acids is 1. The van der Waals surface area contributed by atoms with Crippen molar-refractivity contribution >= 4 is 64.5 Å². The smallest absolute Gasteiger partial charge is 0.335 e. The second-order valence-corrected chi connectivity index (χ2v) is 16.8. The largest absolute Gasteiger partial charge is 0.691 e. The van der Waals surface area contributed by atoms with E-state index < -0.39 is 11.4 Å². The summed E-state index contributed by atoms with van der Waals surface area (Å²) in [6.07, 6.45) is 14.4. The highest BCUT2D eigenvalue weighted by atomic mass is 35.5. The number of allylic oxidation sites excluding steroid dienone is 8. The summed E-state index contributed by atoms with van der Waals surface area (Å²) in [7, 11) is 0. The van der Waals surface area contributed by atoms with Gasteiger partial charge in [-0.2, -0.15) is 13.2 Å². The Kier molecular flexibility index (Phi) is 15.0. The number of ketones is 1. The number of halogens is 1. The minimum atomic E-state index is -0.967. The van der Waals surface area contributed by atoms with Gasteiger partial charge in [-0.1, -0.05) is 37.6 Å². The molecule has 0 saturated carbocycles. The Bertz CT molecular complexity index is 1920. The molecule has 55 heavy (non-hydrogen) atoms. The minimum absolute atomic E-state index is 0.0233. The van der Waals surface area contributed by atoms with E-state index in [4.69, 9.17) is 11.6 Å². The van der Waals surface area contributed by atoms with Gasteiger partial charge in [-0.25, -0.2) is 4.79 Å². The Labute approximate surface area is 336 Å². The van der Waals surface area contributed by atoms with E-state index in [0.717, 1.165) is 126 Å². The van der Waals surface area contributed by atoms with E-state index in [2.05, 4.69) is 80.2 Å². The molecule has 1 N–H and O–H groups in total. The van der Waals surface area contributed by atoms with Crippen LogP contribution in [-0.2, 0) is 29.6 Å². The van der Waals surface area contributed by atoms with Gasteiger partial charge >= 0.3 is 5.97 Å². The molecule has 0 saturated heterocycles. The number of fused-ring (bicyclic) bond motifs is 2. The van der Waals surface area contributed by atoms with Crippen molar-refractivity contribution in [3.05, 3.63) is 105 Å². The molecule has 14 heteroatoms. The van der Waals surface area contributed by atoms with Crippen LogP contribution in [0, 0.1) is 0 Å². The quantitative estimate of drug-likeness (QED) is 0.0366. The number of Topliss-reactive ketones (excluding diaryl/α,β-unsaturated/α-hetero) is 1. The average molecular weight is 812 g/mol. The second-order valence-electron chi connectivity index (χ2n) is 14.9. The molecular formula is C41H48ClN2O9S2-. The highest BCUT2D eigenvalue weighted by Crippen LogP contribution is 2.49. The van der Waals surface area contributed by atoms with Gasteiger partial charge in [0, 0.05) is 93.7 Å². The van der Waals surface area contributed by atoms with Gasteiger partial charge in [0.05, 0.1) is 11.0 Å². The van der Waals surface area contributed by atoms with Crippen molar-refractivity contribution in [2.75, 3.05) is 29.5 Å². The van der Waals surface area contributed by atoms with E-state index in [-0.39, 0.29) is 16.8 Å². The van der Waals surface area contributed by atoms with E-state index in [1.807, 2.05) is 24.3 Å². The van der Waals surface area contributed by atoms with Crippen molar-refractivity contribution in [3.8, 4) is 0 Å². The van der Waals surface area contributed by atoms with Gasteiger partial charge in [0.1, 0.15) is 6.54 Å². The van der Waals surface area contributed by atoms with Crippen molar-refractivity contribution in [2.45, 2.75) is 90.4 Å². The van der Waals surface area contributed by atoms with Gasteiger partial charge < -0.3 is 20.5 Å². The van der Waals surface area contributed by atoms with Crippen LogP contribution in [0.25, 0.3) is 0 Å². The molecule has 0 bridgehead atoms. The zero-order valence-electron chi connectivity index (χ0n) is 31.9. The maximum absolute atomic E-state index is 12.3. The molecule has 0 fully saturated rings. The Morgan fingerprint density at radius 1 is 0.891 bits per heavy atom. The molecule has 0 spiro atoms. The summed E-state index contributed by atoms with van der Waals surface area (Å²) in [5.41, 5.74) is 8.40. The first-order chi connectivity index (χ1) is 26.3. The third kappa shape index (κ3) is 9.84. The molecule has 0 atom stereocenters. The third-order valence-electron chi connectivity index (χ3n) is 10.6. The van der Waals surface area contributed by atoms with Crippen LogP contribution in [0.4, 0.5) is 11.4 Å². The zero-order chi connectivity index (χ0) is 39.8. The lowest BCUT2D eigenvalue weighted by atomic mass is 9.80. The van der Waals surface area contributed by atoms with E-state index in [9.17, 15) is 25.2 Å². The van der Waals surface area contributed by atoms with Crippen LogP contribution >= 0.6 is 35.7 Å². The highest BCUT2D eigenvalue weighted by molar-refractivity contribution is 7.94. The number of hydrogen-bond donors (Lipinski definition) is 1. The van der Waals surface area contributed by atoms with Crippen molar-refractivity contribution in [3.63, 3.8) is 0 Å². The SMILES string of the molecule is CC(=O)c1ccc2c(c1)C(C)(C)/C(=C\C=C1/CCCC(/C=C/C3=[N+](CCCCSOO[O-])c4ccc(C(=O)O)cc4C3(C)C)=C1Cl)N2CCCCSOO[O-]. The van der Waals surface area contributed by atoms with E-state index in [0.29, 0.717) is 23.6 Å². The Balaban J connectivity index is 1.45. The van der Waals surface area contributed by atoms with Crippen LogP contribution < -0.4 is 15.4 Å². The molecule has 2 aromatic carbocycles. The average Bonchev–Trinajstić information content (AvgIpc) is 3.50. The Morgan fingerprint density at radius 3 is 2.24 bits per heavy atom. The van der Waals surface area contributed by atoms with Crippen LogP contribution in [-0.4, -0.2) is 51.7 Å². The van der Waals surface area contributed by atoms with Crippen LogP contribution in [0.2, 0.25) is 0 Å². The lowest BCUT2D eigenvalue weighted by Gasteiger charge is -2.27. The van der Waals surface area contributed by atoms with Crippen LogP contribution in [0.1, 0.15) is 111 Å². The molecular weight excluding hydrogens is 764 g/mol. The monoisotopic (exact) mass is 811 g/mol. The van der Waals surface area contributed by atoms with Gasteiger partial charge in [-0.05, 0) is 112 Å². The molecule has 3 aliphatic rings. The van der Waals surface area contributed by atoms with Crippen molar-refractivity contribution in [1.29, 1.82) is 0 Å². The number of nitrogens with zero attached hydrogens (tertiary/aromatic N) is 2. The minimum Gasteiger partial charge on any atom is -0.691 e. The number of hydrogen-bond acceptors (Lipinski definition) is 11. The standard InChI is InChI=1S/C41H49ClN2O9S2/c1-27(45)30-13-17-34-32(25-30)40(2,3)36(43(34)21-6-8-23-54-52-50-48)19-15-28-11-10-12-29(38(28)42)16-20-37-41(4,5)33-26-31(39(46)47)14-18-35(33)44(37)22-7-9-24-55-53-51-49/h13-20,25-26H,6-12,21-24H2,1-5H3,(H2-,46,47,48,49)/p-1. The summed E-state index contributed by atoms with van der Waals surface area (Å²) >= 11 is 9.17. The molecule has 2 heterocycles. The molecule has 11 nitrogen and oxygen atoms in total.